The lowest BCUT2D eigenvalue weighted by molar-refractivity contribution is -0.116. The predicted octanol–water partition coefficient (Wildman–Crippen LogP) is 1.67. The minimum Gasteiger partial charge on any atom is -0.352 e. The van der Waals surface area contributed by atoms with Crippen LogP contribution in [0.15, 0.2) is 42.7 Å². The summed E-state index contributed by atoms with van der Waals surface area (Å²) in [6, 6.07) is 7.87. The highest BCUT2D eigenvalue weighted by Gasteiger charge is 2.02. The van der Waals surface area contributed by atoms with Crippen molar-refractivity contribution in [1.82, 2.24) is 25.1 Å². The number of carbonyl (C=O) groups excluding carboxylic acids is 1. The second-order valence-electron chi connectivity index (χ2n) is 5.02. The van der Waals surface area contributed by atoms with Crippen molar-refractivity contribution in [3.8, 4) is 0 Å². The van der Waals surface area contributed by atoms with Crippen LogP contribution in [0.4, 0.5) is 0 Å². The molecule has 0 fully saturated rings. The van der Waals surface area contributed by atoms with E-state index >= 15 is 0 Å². The number of fused-ring (bicyclic) bond motifs is 1. The van der Waals surface area contributed by atoms with Crippen molar-refractivity contribution in [2.24, 2.45) is 7.05 Å². The molecule has 3 rings (SSSR count). The van der Waals surface area contributed by atoms with Crippen LogP contribution < -0.4 is 5.32 Å². The van der Waals surface area contributed by atoms with Crippen LogP contribution in [0.3, 0.4) is 0 Å². The number of hydrogen-bond donors (Lipinski definition) is 2. The highest BCUT2D eigenvalue weighted by Crippen LogP contribution is 2.10. The molecule has 22 heavy (non-hydrogen) atoms. The zero-order valence-corrected chi connectivity index (χ0v) is 12.3. The van der Waals surface area contributed by atoms with Crippen LogP contribution in [0.2, 0.25) is 0 Å². The Bertz CT molecular complexity index is 782. The first-order valence-corrected chi connectivity index (χ1v) is 7.09. The van der Waals surface area contributed by atoms with Crippen LogP contribution >= 0.6 is 0 Å². The van der Waals surface area contributed by atoms with Gasteiger partial charge in [0.2, 0.25) is 5.91 Å². The molecular formula is C16H17N5O. The molecule has 1 amide bonds. The van der Waals surface area contributed by atoms with Crippen LogP contribution in [-0.4, -0.2) is 32.2 Å². The Kier molecular flexibility index (Phi) is 4.00. The number of nitrogens with zero attached hydrogens (tertiary/aromatic N) is 3. The molecule has 2 heterocycles. The van der Waals surface area contributed by atoms with Gasteiger partial charge in [-0.05, 0) is 18.2 Å². The second kappa shape index (κ2) is 6.26. The number of benzene rings is 1. The summed E-state index contributed by atoms with van der Waals surface area (Å²) in [6.07, 6.45) is 7.47. The minimum absolute atomic E-state index is 0.125. The lowest BCUT2D eigenvalue weighted by atomic mass is 10.3. The maximum atomic E-state index is 11.7. The molecule has 0 saturated carbocycles. The highest BCUT2D eigenvalue weighted by molar-refractivity contribution is 5.91. The third-order valence-electron chi connectivity index (χ3n) is 3.25. The molecule has 6 nitrogen and oxygen atoms in total. The monoisotopic (exact) mass is 295 g/mol. The maximum Gasteiger partial charge on any atom is 0.244 e. The molecule has 112 valence electrons. The van der Waals surface area contributed by atoms with Crippen LogP contribution in [0, 0.1) is 0 Å². The molecule has 0 atom stereocenters. The van der Waals surface area contributed by atoms with Crippen molar-refractivity contribution in [2.75, 3.05) is 6.54 Å². The fourth-order valence-electron chi connectivity index (χ4n) is 2.19. The zero-order chi connectivity index (χ0) is 15.4. The number of para-hydroxylation sites is 2. The number of amides is 1. The number of rotatable bonds is 5. The molecule has 2 N–H and O–H groups in total. The van der Waals surface area contributed by atoms with Gasteiger partial charge in [0.1, 0.15) is 5.82 Å². The van der Waals surface area contributed by atoms with Crippen LogP contribution in [0.5, 0.6) is 0 Å². The first-order chi connectivity index (χ1) is 10.7. The Hall–Kier alpha value is -2.89. The van der Waals surface area contributed by atoms with E-state index in [9.17, 15) is 4.79 Å². The quantitative estimate of drug-likeness (QED) is 0.703. The standard InChI is InChI=1S/C16H17N5O/c1-21-11-12(10-18-21)6-7-16(22)17-9-8-15-19-13-4-2-3-5-14(13)20-15/h2-7,10-11H,8-9H2,1H3,(H,17,22)(H,19,20)/b7-6-. The van der Waals surface area contributed by atoms with Crippen LogP contribution in [0.1, 0.15) is 11.4 Å². The zero-order valence-electron chi connectivity index (χ0n) is 12.3. The molecule has 0 saturated heterocycles. The number of aromatic nitrogens is 4. The van der Waals surface area contributed by atoms with Crippen molar-refractivity contribution >= 4 is 23.0 Å². The predicted molar refractivity (Wildman–Crippen MR) is 85.0 cm³/mol. The van der Waals surface area contributed by atoms with Gasteiger partial charge in [-0.15, -0.1) is 0 Å². The van der Waals surface area contributed by atoms with E-state index in [4.69, 9.17) is 0 Å². The number of carbonyl (C=O) groups is 1. The Morgan fingerprint density at radius 2 is 2.27 bits per heavy atom. The molecule has 0 spiro atoms. The fraction of sp³-hybridized carbons (Fsp3) is 0.188. The van der Waals surface area contributed by atoms with Crippen LogP contribution in [-0.2, 0) is 18.3 Å². The summed E-state index contributed by atoms with van der Waals surface area (Å²) in [7, 11) is 1.84. The second-order valence-corrected chi connectivity index (χ2v) is 5.02. The van der Waals surface area contributed by atoms with E-state index in [0.717, 1.165) is 22.4 Å². The van der Waals surface area contributed by atoms with Gasteiger partial charge < -0.3 is 10.3 Å². The number of aryl methyl sites for hydroxylation is 1. The van der Waals surface area contributed by atoms with E-state index in [0.29, 0.717) is 13.0 Å². The number of imidazole rings is 1. The van der Waals surface area contributed by atoms with Gasteiger partial charge in [-0.3, -0.25) is 9.48 Å². The van der Waals surface area contributed by atoms with Crippen LogP contribution in [0.25, 0.3) is 17.1 Å². The highest BCUT2D eigenvalue weighted by atomic mass is 16.1. The topological polar surface area (TPSA) is 75.6 Å². The van der Waals surface area contributed by atoms with E-state index in [-0.39, 0.29) is 5.91 Å². The normalized spacial score (nSPS) is 11.3. The summed E-state index contributed by atoms with van der Waals surface area (Å²) >= 11 is 0. The van der Waals surface area contributed by atoms with Gasteiger partial charge in [-0.2, -0.15) is 5.10 Å². The number of H-pyrrole nitrogens is 1. The molecule has 0 aliphatic carbocycles. The van der Waals surface area contributed by atoms with E-state index < -0.39 is 0 Å². The SMILES string of the molecule is Cn1cc(/C=C\C(=O)NCCc2nc3ccccc3[nH]2)cn1. The average Bonchev–Trinajstić information content (AvgIpc) is 3.10. The Morgan fingerprint density at radius 3 is 3.05 bits per heavy atom. The summed E-state index contributed by atoms with van der Waals surface area (Å²) in [4.78, 5) is 19.4. The van der Waals surface area contributed by atoms with Gasteiger partial charge >= 0.3 is 0 Å². The van der Waals surface area contributed by atoms with Gasteiger partial charge in [0.15, 0.2) is 0 Å². The third-order valence-corrected chi connectivity index (χ3v) is 3.25. The number of hydrogen-bond acceptors (Lipinski definition) is 3. The molecule has 0 bridgehead atoms. The first-order valence-electron chi connectivity index (χ1n) is 7.09. The Balaban J connectivity index is 1.50. The van der Waals surface area contributed by atoms with E-state index in [1.165, 1.54) is 6.08 Å². The summed E-state index contributed by atoms with van der Waals surface area (Å²) in [5.41, 5.74) is 2.86. The van der Waals surface area contributed by atoms with E-state index in [1.807, 2.05) is 37.5 Å². The molecule has 0 radical (unpaired) electrons. The van der Waals surface area contributed by atoms with Crippen molar-refractivity contribution < 1.29 is 4.79 Å². The molecule has 2 aromatic heterocycles. The van der Waals surface area contributed by atoms with Gasteiger partial charge in [0.25, 0.3) is 0 Å². The number of aromatic amines is 1. The lowest BCUT2D eigenvalue weighted by Gasteiger charge is -1.99. The fourth-order valence-corrected chi connectivity index (χ4v) is 2.19. The minimum atomic E-state index is -0.125. The first kappa shape index (κ1) is 14.1. The van der Waals surface area contributed by atoms with Crippen molar-refractivity contribution in [1.29, 1.82) is 0 Å². The Morgan fingerprint density at radius 1 is 1.41 bits per heavy atom. The van der Waals surface area contributed by atoms with Crippen molar-refractivity contribution in [2.45, 2.75) is 6.42 Å². The van der Waals surface area contributed by atoms with E-state index in [1.54, 1.807) is 17.0 Å². The third kappa shape index (κ3) is 3.41. The van der Waals surface area contributed by atoms with Gasteiger partial charge in [0, 0.05) is 37.8 Å². The molecule has 0 aliphatic rings. The molecule has 6 heteroatoms. The van der Waals surface area contributed by atoms with Gasteiger partial charge in [-0.1, -0.05) is 12.1 Å². The number of nitrogens with one attached hydrogen (secondary N) is 2. The molecule has 0 unspecified atom stereocenters. The summed E-state index contributed by atoms with van der Waals surface area (Å²) in [6.45, 7) is 0.538. The smallest absolute Gasteiger partial charge is 0.244 e. The molecule has 1 aromatic carbocycles. The largest absolute Gasteiger partial charge is 0.352 e. The summed E-state index contributed by atoms with van der Waals surface area (Å²) in [5, 5.41) is 6.88. The van der Waals surface area contributed by atoms with E-state index in [2.05, 4.69) is 20.4 Å². The lowest BCUT2D eigenvalue weighted by Crippen LogP contribution is -2.23. The molecule has 3 aromatic rings. The average molecular weight is 295 g/mol. The van der Waals surface area contributed by atoms with Crippen molar-refractivity contribution in [3.05, 3.63) is 54.1 Å². The van der Waals surface area contributed by atoms with Gasteiger partial charge in [0.05, 0.1) is 17.2 Å². The summed E-state index contributed by atoms with van der Waals surface area (Å²) < 4.78 is 1.69. The molecular weight excluding hydrogens is 278 g/mol. The molecule has 0 aliphatic heterocycles. The summed E-state index contributed by atoms with van der Waals surface area (Å²) in [5.74, 6) is 0.748. The van der Waals surface area contributed by atoms with Crippen molar-refractivity contribution in [3.63, 3.8) is 0 Å². The maximum absolute atomic E-state index is 11.7. The van der Waals surface area contributed by atoms with Gasteiger partial charge in [-0.25, -0.2) is 4.98 Å². The Labute approximate surface area is 127 Å².